The van der Waals surface area contributed by atoms with Gasteiger partial charge in [0.2, 0.25) is 0 Å². The maximum atomic E-state index is 4.46. The van der Waals surface area contributed by atoms with Gasteiger partial charge in [0, 0.05) is 6.04 Å². The van der Waals surface area contributed by atoms with Crippen molar-refractivity contribution in [2.24, 2.45) is 11.8 Å². The Labute approximate surface area is 125 Å². The van der Waals surface area contributed by atoms with Crippen molar-refractivity contribution in [3.05, 3.63) is 22.4 Å². The first-order valence-electron chi connectivity index (χ1n) is 7.44. The third kappa shape index (κ3) is 4.48. The maximum Gasteiger partial charge on any atom is 0.106 e. The summed E-state index contributed by atoms with van der Waals surface area (Å²) in [6.07, 6.45) is 6.75. The van der Waals surface area contributed by atoms with Crippen LogP contribution < -0.4 is 5.32 Å². The van der Waals surface area contributed by atoms with Crippen molar-refractivity contribution < 1.29 is 0 Å². The molecule has 1 aliphatic rings. The Balaban J connectivity index is 1.94. The number of hydrogen-bond acceptors (Lipinski definition) is 2. The van der Waals surface area contributed by atoms with Crippen LogP contribution in [0.15, 0.2) is 16.7 Å². The molecule has 3 heteroatoms. The van der Waals surface area contributed by atoms with Crippen LogP contribution in [0.4, 0.5) is 5.69 Å². The average Bonchev–Trinajstić information content (AvgIpc) is 2.32. The zero-order chi connectivity index (χ0) is 13.8. The van der Waals surface area contributed by atoms with Crippen molar-refractivity contribution in [2.75, 3.05) is 5.32 Å². The molecule has 1 aromatic rings. The van der Waals surface area contributed by atoms with Gasteiger partial charge < -0.3 is 5.32 Å². The molecular weight excluding hydrogens is 300 g/mol. The van der Waals surface area contributed by atoms with Crippen LogP contribution in [0.1, 0.15) is 51.6 Å². The summed E-state index contributed by atoms with van der Waals surface area (Å²) in [5.41, 5.74) is 2.28. The zero-order valence-electron chi connectivity index (χ0n) is 12.2. The first-order valence-corrected chi connectivity index (χ1v) is 8.23. The Morgan fingerprint density at radius 2 is 2.16 bits per heavy atom. The molecule has 0 aromatic carbocycles. The summed E-state index contributed by atoms with van der Waals surface area (Å²) in [6.45, 7) is 6.74. The molecule has 1 N–H and O–H groups in total. The fourth-order valence-electron chi connectivity index (χ4n) is 3.21. The lowest BCUT2D eigenvalue weighted by molar-refractivity contribution is 0.289. The summed E-state index contributed by atoms with van der Waals surface area (Å²) in [4.78, 5) is 4.46. The molecule has 1 heterocycles. The third-order valence-electron chi connectivity index (χ3n) is 4.00. The van der Waals surface area contributed by atoms with Gasteiger partial charge in [-0.3, -0.25) is 0 Å². The van der Waals surface area contributed by atoms with E-state index in [1.807, 2.05) is 6.07 Å². The van der Waals surface area contributed by atoms with Crippen molar-refractivity contribution in [3.8, 4) is 0 Å². The van der Waals surface area contributed by atoms with Crippen molar-refractivity contribution in [3.63, 3.8) is 0 Å². The first kappa shape index (κ1) is 14.8. The highest BCUT2D eigenvalue weighted by Gasteiger charge is 2.22. The highest BCUT2D eigenvalue weighted by atomic mass is 79.9. The van der Waals surface area contributed by atoms with E-state index in [9.17, 15) is 0 Å². The van der Waals surface area contributed by atoms with E-state index in [2.05, 4.69) is 53.1 Å². The molecule has 19 heavy (non-hydrogen) atoms. The van der Waals surface area contributed by atoms with Crippen LogP contribution >= 0.6 is 15.9 Å². The Morgan fingerprint density at radius 3 is 2.84 bits per heavy atom. The van der Waals surface area contributed by atoms with Gasteiger partial charge in [-0.1, -0.05) is 26.7 Å². The lowest BCUT2D eigenvalue weighted by Gasteiger charge is -2.31. The molecular formula is C16H25BrN2. The van der Waals surface area contributed by atoms with Crippen LogP contribution in [-0.2, 0) is 0 Å². The lowest BCUT2D eigenvalue weighted by atomic mass is 9.81. The van der Waals surface area contributed by atoms with Gasteiger partial charge in [-0.05, 0) is 66.1 Å². The Morgan fingerprint density at radius 1 is 1.37 bits per heavy atom. The normalized spacial score (nSPS) is 23.6. The van der Waals surface area contributed by atoms with Crippen LogP contribution in [-0.4, -0.2) is 11.0 Å². The highest BCUT2D eigenvalue weighted by molar-refractivity contribution is 9.10. The number of hydrogen-bond donors (Lipinski definition) is 1. The quantitative estimate of drug-likeness (QED) is 0.773. The van der Waals surface area contributed by atoms with Crippen LogP contribution in [0.25, 0.3) is 0 Å². The first-order chi connectivity index (χ1) is 9.04. The summed E-state index contributed by atoms with van der Waals surface area (Å²) in [7, 11) is 0. The van der Waals surface area contributed by atoms with E-state index >= 15 is 0 Å². The van der Waals surface area contributed by atoms with Crippen molar-refractivity contribution in [2.45, 2.75) is 58.9 Å². The second-order valence-electron chi connectivity index (χ2n) is 6.27. The van der Waals surface area contributed by atoms with Crippen LogP contribution in [0.2, 0.25) is 0 Å². The minimum atomic E-state index is 0.624. The molecule has 1 aromatic heterocycles. The second-order valence-corrected chi connectivity index (χ2v) is 7.08. The number of nitrogens with one attached hydrogen (secondary N) is 1. The SMILES string of the molecule is Cc1nc(Br)ccc1NC1CCCC(CC(C)C)C1. The minimum Gasteiger partial charge on any atom is -0.381 e. The molecule has 106 valence electrons. The number of pyridine rings is 1. The van der Waals surface area contributed by atoms with Gasteiger partial charge in [-0.25, -0.2) is 4.98 Å². The molecule has 2 rings (SSSR count). The standard InChI is InChI=1S/C16H25BrN2/c1-11(2)9-13-5-4-6-14(10-13)19-15-7-8-16(17)18-12(15)3/h7-8,11,13-14,19H,4-6,9-10H2,1-3H3. The molecule has 0 radical (unpaired) electrons. The molecule has 0 amide bonds. The minimum absolute atomic E-state index is 0.624. The molecule has 2 nitrogen and oxygen atoms in total. The smallest absolute Gasteiger partial charge is 0.106 e. The zero-order valence-corrected chi connectivity index (χ0v) is 13.8. The monoisotopic (exact) mass is 324 g/mol. The number of aryl methyl sites for hydroxylation is 1. The molecule has 0 saturated heterocycles. The van der Waals surface area contributed by atoms with Crippen molar-refractivity contribution >= 4 is 21.6 Å². The summed E-state index contributed by atoms with van der Waals surface area (Å²) in [5.74, 6) is 1.72. The molecule has 2 unspecified atom stereocenters. The van der Waals surface area contributed by atoms with E-state index in [-0.39, 0.29) is 0 Å². The van der Waals surface area contributed by atoms with E-state index in [1.54, 1.807) is 0 Å². The number of nitrogens with zero attached hydrogens (tertiary/aromatic N) is 1. The van der Waals surface area contributed by atoms with Gasteiger partial charge in [-0.2, -0.15) is 0 Å². The highest BCUT2D eigenvalue weighted by Crippen LogP contribution is 2.31. The van der Waals surface area contributed by atoms with E-state index < -0.39 is 0 Å². The lowest BCUT2D eigenvalue weighted by Crippen LogP contribution is -2.28. The molecule has 2 atom stereocenters. The van der Waals surface area contributed by atoms with Gasteiger partial charge in [0.05, 0.1) is 11.4 Å². The fraction of sp³-hybridized carbons (Fsp3) is 0.688. The largest absolute Gasteiger partial charge is 0.381 e. The Kier molecular flexibility index (Phi) is 5.26. The van der Waals surface area contributed by atoms with Gasteiger partial charge >= 0.3 is 0 Å². The predicted octanol–water partition coefficient (Wildman–Crippen LogP) is 5.17. The molecule has 0 aliphatic heterocycles. The number of aromatic nitrogens is 1. The second kappa shape index (κ2) is 6.74. The Hall–Kier alpha value is -0.570. The van der Waals surface area contributed by atoms with E-state index in [0.29, 0.717) is 6.04 Å². The number of anilines is 1. The summed E-state index contributed by atoms with van der Waals surface area (Å²) < 4.78 is 0.914. The topological polar surface area (TPSA) is 24.9 Å². The van der Waals surface area contributed by atoms with Crippen LogP contribution in [0, 0.1) is 18.8 Å². The van der Waals surface area contributed by atoms with Gasteiger partial charge in [-0.15, -0.1) is 0 Å². The van der Waals surface area contributed by atoms with Gasteiger partial charge in [0.15, 0.2) is 0 Å². The Bertz CT molecular complexity index is 417. The van der Waals surface area contributed by atoms with Crippen LogP contribution in [0.5, 0.6) is 0 Å². The third-order valence-corrected chi connectivity index (χ3v) is 4.44. The van der Waals surface area contributed by atoms with E-state index in [0.717, 1.165) is 22.1 Å². The molecule has 1 fully saturated rings. The maximum absolute atomic E-state index is 4.46. The summed E-state index contributed by atoms with van der Waals surface area (Å²) >= 11 is 3.42. The number of halogens is 1. The average molecular weight is 325 g/mol. The van der Waals surface area contributed by atoms with Crippen molar-refractivity contribution in [1.82, 2.24) is 4.98 Å². The predicted molar refractivity (Wildman–Crippen MR) is 85.5 cm³/mol. The van der Waals surface area contributed by atoms with E-state index in [1.165, 1.54) is 37.8 Å². The molecule has 1 aliphatic carbocycles. The van der Waals surface area contributed by atoms with Gasteiger partial charge in [0.25, 0.3) is 0 Å². The van der Waals surface area contributed by atoms with Gasteiger partial charge in [0.1, 0.15) is 4.60 Å². The molecule has 1 saturated carbocycles. The summed E-state index contributed by atoms with van der Waals surface area (Å²) in [6, 6.07) is 4.78. The fourth-order valence-corrected chi connectivity index (χ4v) is 3.60. The van der Waals surface area contributed by atoms with Crippen LogP contribution in [0.3, 0.4) is 0 Å². The summed E-state index contributed by atoms with van der Waals surface area (Å²) in [5, 5.41) is 3.70. The van der Waals surface area contributed by atoms with Crippen molar-refractivity contribution in [1.29, 1.82) is 0 Å². The van der Waals surface area contributed by atoms with E-state index in [4.69, 9.17) is 0 Å². The number of rotatable bonds is 4. The molecule has 0 bridgehead atoms. The molecule has 0 spiro atoms.